The molecule has 3 N–H and O–H groups in total. The number of ketones is 2. The summed E-state index contributed by atoms with van der Waals surface area (Å²) in [7, 11) is 0. The lowest BCUT2D eigenvalue weighted by atomic mass is 9.33. The first-order valence-corrected chi connectivity index (χ1v) is 15.7. The Morgan fingerprint density at radius 1 is 1.02 bits per heavy atom. The minimum Gasteiger partial charge on any atom is -0.472 e. The van der Waals surface area contributed by atoms with Gasteiger partial charge in [0.15, 0.2) is 5.78 Å². The maximum Gasteiger partial charge on any atom is 0.310 e. The van der Waals surface area contributed by atoms with Crippen LogP contribution >= 0.6 is 0 Å². The third kappa shape index (κ3) is 3.75. The number of rotatable bonds is 5. The Hall–Kier alpha value is -2.60. The number of carbonyl (C=O) groups excluding carboxylic acids is 4. The Kier molecular flexibility index (Phi) is 7.28. The van der Waals surface area contributed by atoms with Crippen molar-refractivity contribution in [1.29, 1.82) is 0 Å². The fraction of sp³-hybridized carbons (Fsp3) is 0.758. The van der Waals surface area contributed by atoms with Crippen LogP contribution in [0.2, 0.25) is 0 Å². The van der Waals surface area contributed by atoms with Crippen molar-refractivity contribution in [1.82, 2.24) is 0 Å². The van der Waals surface area contributed by atoms with Gasteiger partial charge in [0.25, 0.3) is 0 Å². The number of furan rings is 1. The van der Waals surface area contributed by atoms with E-state index in [1.54, 1.807) is 33.8 Å². The van der Waals surface area contributed by atoms with Crippen LogP contribution < -0.4 is 0 Å². The molecule has 4 aliphatic carbocycles. The van der Waals surface area contributed by atoms with E-state index in [1.165, 1.54) is 19.5 Å². The number of ether oxygens (including phenoxy) is 3. The topological polar surface area (TPSA) is 170 Å². The maximum atomic E-state index is 14.7. The molecule has 242 valence electrons. The highest BCUT2D eigenvalue weighted by atomic mass is 16.7. The second-order valence-corrected chi connectivity index (χ2v) is 14.7. The Labute approximate surface area is 256 Å². The molecule has 6 rings (SSSR count). The van der Waals surface area contributed by atoms with E-state index in [-0.39, 0.29) is 31.7 Å². The Morgan fingerprint density at radius 2 is 1.73 bits per heavy atom. The van der Waals surface area contributed by atoms with Gasteiger partial charge in [0.05, 0.1) is 42.7 Å². The molecule has 4 saturated carbocycles. The summed E-state index contributed by atoms with van der Waals surface area (Å²) in [5, 5.41) is 36.1. The van der Waals surface area contributed by atoms with E-state index in [0.717, 1.165) is 0 Å². The van der Waals surface area contributed by atoms with Gasteiger partial charge in [-0.1, -0.05) is 27.7 Å². The number of aliphatic hydroxyl groups excluding tert-OH is 3. The van der Waals surface area contributed by atoms with Crippen molar-refractivity contribution in [2.75, 3.05) is 6.61 Å². The molecule has 0 unspecified atom stereocenters. The molecule has 0 aromatic carbocycles. The summed E-state index contributed by atoms with van der Waals surface area (Å²) >= 11 is 0. The van der Waals surface area contributed by atoms with Gasteiger partial charge in [-0.3, -0.25) is 19.2 Å². The van der Waals surface area contributed by atoms with Crippen LogP contribution in [-0.2, 0) is 33.4 Å². The number of hydrogen-bond acceptors (Lipinski definition) is 11. The molecule has 1 aliphatic heterocycles. The van der Waals surface area contributed by atoms with Crippen LogP contribution in [0.25, 0.3) is 0 Å². The van der Waals surface area contributed by atoms with Crippen molar-refractivity contribution >= 4 is 23.5 Å². The number of aliphatic hydroxyl groups is 3. The van der Waals surface area contributed by atoms with E-state index in [0.29, 0.717) is 12.0 Å². The Morgan fingerprint density at radius 3 is 2.34 bits per heavy atom. The van der Waals surface area contributed by atoms with Crippen LogP contribution in [0.4, 0.5) is 0 Å². The van der Waals surface area contributed by atoms with Gasteiger partial charge in [0.1, 0.15) is 18.0 Å². The van der Waals surface area contributed by atoms with Crippen LogP contribution in [0, 0.1) is 45.3 Å². The molecule has 44 heavy (non-hydrogen) atoms. The molecular formula is C33H44O11. The largest absolute Gasteiger partial charge is 0.472 e. The highest BCUT2D eigenvalue weighted by molar-refractivity contribution is 5.96. The number of carbonyl (C=O) groups is 4. The highest BCUT2D eigenvalue weighted by Gasteiger charge is 2.82. The molecule has 1 aromatic rings. The summed E-state index contributed by atoms with van der Waals surface area (Å²) in [4.78, 5) is 54.0. The first kappa shape index (κ1) is 31.4. The second kappa shape index (κ2) is 10.2. The molecule has 11 nitrogen and oxygen atoms in total. The molecule has 5 aliphatic rings. The lowest BCUT2D eigenvalue weighted by Gasteiger charge is -2.72. The summed E-state index contributed by atoms with van der Waals surface area (Å²) in [6.07, 6.45) is -2.66. The summed E-state index contributed by atoms with van der Waals surface area (Å²) in [5.74, 6) is -5.61. The van der Waals surface area contributed by atoms with E-state index < -0.39 is 99.7 Å². The van der Waals surface area contributed by atoms with Crippen LogP contribution in [0.1, 0.15) is 78.7 Å². The maximum absolute atomic E-state index is 14.7. The Balaban J connectivity index is 1.50. The minimum atomic E-state index is -1.58. The summed E-state index contributed by atoms with van der Waals surface area (Å²) in [6.45, 7) is 9.83. The fourth-order valence-electron chi connectivity index (χ4n) is 10.5. The standard InChI is InChI=1S/C33H44O11/c1-7-15(2)28(40)44-29-31(5)20-11-21(36)32(6)25-19(35)10-18(17-8-9-41-13-17)30(25,4)27(39)24(38)26(32)33(20,14-42-29)22(37)12-23(31)43-16(3)34/h8-9,13,15,18,20-23,25-27,29,36-37,39H,7,10-12,14H2,1-6H3/t15-,18+,20+,21-,22+,23-,25-,26+,27+,29+,30+,31-,32+,33-/m1/s1. The van der Waals surface area contributed by atoms with Crippen molar-refractivity contribution in [3.63, 3.8) is 0 Å². The predicted molar refractivity (Wildman–Crippen MR) is 151 cm³/mol. The van der Waals surface area contributed by atoms with Crippen molar-refractivity contribution in [3.05, 3.63) is 24.2 Å². The normalized spacial score (nSPS) is 48.5. The zero-order valence-electron chi connectivity index (χ0n) is 26.1. The number of fused-ring (bicyclic) bond motifs is 3. The molecule has 0 amide bonds. The van der Waals surface area contributed by atoms with Gasteiger partial charge in [-0.2, -0.15) is 0 Å². The molecule has 5 fully saturated rings. The molecule has 0 spiro atoms. The first-order chi connectivity index (χ1) is 20.6. The van der Waals surface area contributed by atoms with Gasteiger partial charge in [0, 0.05) is 53.8 Å². The molecular weight excluding hydrogens is 572 g/mol. The number of Topliss-reactive ketones (excluding diaryl/α,β-unsaturated/α-hetero) is 2. The van der Waals surface area contributed by atoms with Crippen molar-refractivity contribution in [3.8, 4) is 0 Å². The van der Waals surface area contributed by atoms with Crippen molar-refractivity contribution in [2.24, 2.45) is 45.3 Å². The predicted octanol–water partition coefficient (Wildman–Crippen LogP) is 2.54. The third-order valence-electron chi connectivity index (χ3n) is 12.8. The SMILES string of the molecule is CC[C@@H](C)C(=O)O[C@@H]1OC[C@]23[C@@H](O)C[C@@H](OC(C)=O)[C@@]1(C)[C@@H]2C[C@@H](O)[C@@]1(C)[C@@H]2C(=O)C[C@@H](c4ccoc4)[C@]2(C)[C@@H](O)C(=O)[C@@H]13. The van der Waals surface area contributed by atoms with Crippen LogP contribution in [-0.4, -0.2) is 76.1 Å². The van der Waals surface area contributed by atoms with Gasteiger partial charge in [-0.05, 0) is 37.3 Å². The Bertz CT molecular complexity index is 1360. The van der Waals surface area contributed by atoms with E-state index in [2.05, 4.69) is 0 Å². The van der Waals surface area contributed by atoms with E-state index in [9.17, 15) is 34.5 Å². The fourth-order valence-corrected chi connectivity index (χ4v) is 10.5. The molecule has 2 heterocycles. The van der Waals surface area contributed by atoms with E-state index >= 15 is 0 Å². The van der Waals surface area contributed by atoms with Gasteiger partial charge in [0.2, 0.25) is 6.29 Å². The average Bonchev–Trinajstić information content (AvgIpc) is 3.59. The van der Waals surface area contributed by atoms with Crippen molar-refractivity contribution < 1.29 is 53.1 Å². The smallest absolute Gasteiger partial charge is 0.310 e. The van der Waals surface area contributed by atoms with Gasteiger partial charge >= 0.3 is 11.9 Å². The van der Waals surface area contributed by atoms with Gasteiger partial charge in [-0.15, -0.1) is 0 Å². The summed E-state index contributed by atoms with van der Waals surface area (Å²) in [6, 6.07) is 1.73. The lowest BCUT2D eigenvalue weighted by molar-refractivity contribution is -0.372. The second-order valence-electron chi connectivity index (χ2n) is 14.7. The minimum absolute atomic E-state index is 0.0265. The molecule has 0 radical (unpaired) electrons. The van der Waals surface area contributed by atoms with Crippen molar-refractivity contribution in [2.45, 2.75) is 104 Å². The zero-order chi connectivity index (χ0) is 32.1. The molecule has 2 bridgehead atoms. The van der Waals surface area contributed by atoms with Gasteiger partial charge in [-0.25, -0.2) is 0 Å². The lowest BCUT2D eigenvalue weighted by Crippen LogP contribution is -2.80. The molecule has 1 aromatic heterocycles. The molecule has 1 saturated heterocycles. The third-order valence-corrected chi connectivity index (χ3v) is 12.8. The molecule has 14 atom stereocenters. The number of hydrogen-bond donors (Lipinski definition) is 3. The zero-order valence-corrected chi connectivity index (χ0v) is 26.1. The van der Waals surface area contributed by atoms with Crippen LogP contribution in [0.5, 0.6) is 0 Å². The van der Waals surface area contributed by atoms with E-state index in [4.69, 9.17) is 18.6 Å². The van der Waals surface area contributed by atoms with E-state index in [1.807, 2.05) is 6.92 Å². The quantitative estimate of drug-likeness (QED) is 0.416. The number of esters is 2. The monoisotopic (exact) mass is 616 g/mol. The average molecular weight is 617 g/mol. The summed E-state index contributed by atoms with van der Waals surface area (Å²) < 4.78 is 23.3. The molecule has 11 heteroatoms. The first-order valence-electron chi connectivity index (χ1n) is 15.7. The van der Waals surface area contributed by atoms with Gasteiger partial charge < -0.3 is 33.9 Å². The van der Waals surface area contributed by atoms with Crippen LogP contribution in [0.3, 0.4) is 0 Å². The summed E-state index contributed by atoms with van der Waals surface area (Å²) in [5.41, 5.74) is -4.54. The van der Waals surface area contributed by atoms with Crippen LogP contribution in [0.15, 0.2) is 23.0 Å². The highest BCUT2D eigenvalue weighted by Crippen LogP contribution is 2.75.